The van der Waals surface area contributed by atoms with Crippen molar-refractivity contribution in [2.45, 2.75) is 13.3 Å². The number of carbonyl (C=O) groups is 1. The molecule has 0 saturated carbocycles. The maximum Gasteiger partial charge on any atom is 0.248 e. The number of anilines is 1. The lowest BCUT2D eigenvalue weighted by atomic mass is 9.99. The Morgan fingerprint density at radius 3 is 2.69 bits per heavy atom. The Bertz CT molecular complexity index is 1080. The number of primary amides is 1. The van der Waals surface area contributed by atoms with Crippen LogP contribution in [-0.2, 0) is 6.42 Å². The first kappa shape index (κ1) is 20.0. The molecule has 4 N–H and O–H groups in total. The smallest absolute Gasteiger partial charge is 0.248 e. The van der Waals surface area contributed by atoms with Crippen molar-refractivity contribution in [1.82, 2.24) is 4.98 Å². The molecule has 0 aliphatic carbocycles. The number of nitrogens with one attached hydrogen (secondary N) is 2. The molecule has 29 heavy (non-hydrogen) atoms. The van der Waals surface area contributed by atoms with Crippen LogP contribution in [0.3, 0.4) is 0 Å². The zero-order valence-electron chi connectivity index (χ0n) is 16.1. The van der Waals surface area contributed by atoms with E-state index in [0.717, 1.165) is 17.3 Å². The van der Waals surface area contributed by atoms with Gasteiger partial charge < -0.3 is 21.2 Å². The van der Waals surface area contributed by atoms with E-state index in [1.165, 1.54) is 6.07 Å². The highest BCUT2D eigenvalue weighted by molar-refractivity contribution is 5.95. The van der Waals surface area contributed by atoms with Gasteiger partial charge in [0.25, 0.3) is 0 Å². The summed E-state index contributed by atoms with van der Waals surface area (Å²) < 4.78 is 20.0. The zero-order valence-corrected chi connectivity index (χ0v) is 16.1. The van der Waals surface area contributed by atoms with Crippen molar-refractivity contribution in [2.75, 3.05) is 12.4 Å². The molecule has 0 aliphatic rings. The summed E-state index contributed by atoms with van der Waals surface area (Å²) in [5, 5.41) is 10.2. The standard InChI is InChI=1S/C22H21FN4O2/c1-3-13-8-14(4-5-17(13)22(25)28)20-10-15(6-7-27-20)29-16-9-19(23)18(12-24)21(11-16)26-2/h4-12,24,26H,3H2,1-2H3,(H2,25,28). The molecule has 0 saturated heterocycles. The van der Waals surface area contributed by atoms with Gasteiger partial charge in [0.15, 0.2) is 0 Å². The number of carbonyl (C=O) groups excluding carboxylic acids is 1. The molecular formula is C22H21FN4O2. The maximum absolute atomic E-state index is 14.2. The van der Waals surface area contributed by atoms with Gasteiger partial charge in [-0.15, -0.1) is 0 Å². The van der Waals surface area contributed by atoms with E-state index in [1.54, 1.807) is 43.6 Å². The second-order valence-corrected chi connectivity index (χ2v) is 6.33. The van der Waals surface area contributed by atoms with Crippen molar-refractivity contribution >= 4 is 17.8 Å². The van der Waals surface area contributed by atoms with Crippen molar-refractivity contribution in [3.8, 4) is 22.8 Å². The van der Waals surface area contributed by atoms with Gasteiger partial charge in [0.1, 0.15) is 17.3 Å². The summed E-state index contributed by atoms with van der Waals surface area (Å²) in [6.45, 7) is 1.95. The van der Waals surface area contributed by atoms with Crippen LogP contribution in [0.15, 0.2) is 48.7 Å². The fourth-order valence-electron chi connectivity index (χ4n) is 3.06. The lowest BCUT2D eigenvalue weighted by Gasteiger charge is -2.12. The molecule has 0 bridgehead atoms. The highest BCUT2D eigenvalue weighted by Gasteiger charge is 2.12. The van der Waals surface area contributed by atoms with Crippen molar-refractivity contribution in [3.63, 3.8) is 0 Å². The minimum absolute atomic E-state index is 0.164. The van der Waals surface area contributed by atoms with E-state index in [0.29, 0.717) is 34.9 Å². The first-order valence-electron chi connectivity index (χ1n) is 9.05. The number of rotatable bonds is 7. The first-order valence-corrected chi connectivity index (χ1v) is 9.05. The van der Waals surface area contributed by atoms with Gasteiger partial charge in [-0.25, -0.2) is 4.39 Å². The van der Waals surface area contributed by atoms with Crippen LogP contribution in [0.5, 0.6) is 11.5 Å². The predicted molar refractivity (Wildman–Crippen MR) is 111 cm³/mol. The van der Waals surface area contributed by atoms with E-state index in [-0.39, 0.29) is 5.56 Å². The summed E-state index contributed by atoms with van der Waals surface area (Å²) in [5.74, 6) is -0.232. The average Bonchev–Trinajstić information content (AvgIpc) is 2.72. The van der Waals surface area contributed by atoms with E-state index in [4.69, 9.17) is 15.9 Å². The third kappa shape index (κ3) is 4.24. The number of nitrogens with two attached hydrogens (primary N) is 1. The summed E-state index contributed by atoms with van der Waals surface area (Å²) in [5.41, 5.74) is 8.84. The number of aromatic nitrogens is 1. The monoisotopic (exact) mass is 392 g/mol. The number of ether oxygens (including phenoxy) is 1. The highest BCUT2D eigenvalue weighted by Crippen LogP contribution is 2.30. The van der Waals surface area contributed by atoms with Gasteiger partial charge in [-0.2, -0.15) is 0 Å². The Hall–Kier alpha value is -3.74. The molecule has 1 amide bonds. The SMILES string of the molecule is CCc1cc(-c2cc(Oc3cc(F)c(C=N)c(NC)c3)ccn2)ccc1C(N)=O. The summed E-state index contributed by atoms with van der Waals surface area (Å²) in [4.78, 5) is 15.9. The van der Waals surface area contributed by atoms with Crippen LogP contribution in [0, 0.1) is 11.2 Å². The van der Waals surface area contributed by atoms with Crippen LogP contribution in [0.1, 0.15) is 28.4 Å². The summed E-state index contributed by atoms with van der Waals surface area (Å²) in [7, 11) is 1.65. The number of benzene rings is 2. The average molecular weight is 392 g/mol. The van der Waals surface area contributed by atoms with Crippen molar-refractivity contribution in [1.29, 1.82) is 5.41 Å². The number of pyridine rings is 1. The molecule has 148 valence electrons. The molecule has 0 aliphatic heterocycles. The number of halogens is 1. The minimum Gasteiger partial charge on any atom is -0.457 e. The molecule has 0 radical (unpaired) electrons. The Morgan fingerprint density at radius 1 is 1.24 bits per heavy atom. The van der Waals surface area contributed by atoms with E-state index in [1.807, 2.05) is 13.0 Å². The molecule has 0 fully saturated rings. The van der Waals surface area contributed by atoms with Gasteiger partial charge in [0.05, 0.1) is 11.3 Å². The zero-order chi connectivity index (χ0) is 21.0. The van der Waals surface area contributed by atoms with E-state index < -0.39 is 11.7 Å². The topological polar surface area (TPSA) is 101 Å². The normalized spacial score (nSPS) is 10.4. The minimum atomic E-state index is -0.550. The molecule has 3 rings (SSSR count). The van der Waals surface area contributed by atoms with Crippen LogP contribution in [0.4, 0.5) is 10.1 Å². The van der Waals surface area contributed by atoms with Gasteiger partial charge in [-0.3, -0.25) is 9.78 Å². The molecule has 3 aromatic rings. The Kier molecular flexibility index (Phi) is 5.87. The number of nitrogens with zero attached hydrogens (tertiary/aromatic N) is 1. The fraction of sp³-hybridized carbons (Fsp3) is 0.136. The molecule has 1 heterocycles. The van der Waals surface area contributed by atoms with E-state index in [2.05, 4.69) is 10.3 Å². The lowest BCUT2D eigenvalue weighted by Crippen LogP contribution is -2.13. The second kappa shape index (κ2) is 8.52. The molecular weight excluding hydrogens is 371 g/mol. The fourth-order valence-corrected chi connectivity index (χ4v) is 3.06. The highest BCUT2D eigenvalue weighted by atomic mass is 19.1. The number of aryl methyl sites for hydroxylation is 1. The number of hydrogen-bond acceptors (Lipinski definition) is 5. The number of hydrogen-bond donors (Lipinski definition) is 3. The summed E-state index contributed by atoms with van der Waals surface area (Å²) in [6.07, 6.45) is 3.21. The van der Waals surface area contributed by atoms with Crippen LogP contribution in [-0.4, -0.2) is 24.2 Å². The summed E-state index contributed by atoms with van der Waals surface area (Å²) >= 11 is 0. The van der Waals surface area contributed by atoms with Crippen LogP contribution >= 0.6 is 0 Å². The van der Waals surface area contributed by atoms with E-state index in [9.17, 15) is 9.18 Å². The molecule has 7 heteroatoms. The third-order valence-electron chi connectivity index (χ3n) is 4.53. The van der Waals surface area contributed by atoms with Gasteiger partial charge in [-0.05, 0) is 30.2 Å². The van der Waals surface area contributed by atoms with Crippen molar-refractivity contribution in [3.05, 3.63) is 71.2 Å². The first-order chi connectivity index (χ1) is 14.0. The van der Waals surface area contributed by atoms with Gasteiger partial charge in [-0.1, -0.05) is 13.0 Å². The van der Waals surface area contributed by atoms with Gasteiger partial charge in [0.2, 0.25) is 5.91 Å². The van der Waals surface area contributed by atoms with Crippen LogP contribution < -0.4 is 15.8 Å². The number of amides is 1. The Balaban J connectivity index is 1.94. The molecule has 0 atom stereocenters. The van der Waals surface area contributed by atoms with Crippen LogP contribution in [0.2, 0.25) is 0 Å². The lowest BCUT2D eigenvalue weighted by molar-refractivity contribution is 0.0999. The third-order valence-corrected chi connectivity index (χ3v) is 4.53. The molecule has 1 aromatic heterocycles. The van der Waals surface area contributed by atoms with Crippen molar-refractivity contribution in [2.24, 2.45) is 5.73 Å². The van der Waals surface area contributed by atoms with Crippen LogP contribution in [0.25, 0.3) is 11.3 Å². The predicted octanol–water partition coefficient (Wildman–Crippen LogP) is 4.38. The Labute approximate surface area is 168 Å². The Morgan fingerprint density at radius 2 is 2.03 bits per heavy atom. The van der Waals surface area contributed by atoms with E-state index >= 15 is 0 Å². The maximum atomic E-state index is 14.2. The van der Waals surface area contributed by atoms with Gasteiger partial charge in [0, 0.05) is 54.5 Å². The molecule has 0 spiro atoms. The second-order valence-electron chi connectivity index (χ2n) is 6.33. The molecule has 0 unspecified atom stereocenters. The molecule has 6 nitrogen and oxygen atoms in total. The van der Waals surface area contributed by atoms with Crippen molar-refractivity contribution < 1.29 is 13.9 Å². The van der Waals surface area contributed by atoms with Gasteiger partial charge >= 0.3 is 0 Å². The quantitative estimate of drug-likeness (QED) is 0.519. The largest absolute Gasteiger partial charge is 0.457 e. The molecule has 2 aromatic carbocycles. The summed E-state index contributed by atoms with van der Waals surface area (Å²) in [6, 6.07) is 11.6.